The van der Waals surface area contributed by atoms with E-state index in [0.29, 0.717) is 0 Å². The fourth-order valence-corrected chi connectivity index (χ4v) is 6.05. The smallest absolute Gasteiger partial charge is 0.189 e. The number of thiazole rings is 1. The average Bonchev–Trinajstić information content (AvgIpc) is 3.25. The molecule has 5 aromatic carbocycles. The standard InChI is InChI=1S/C35H28NS/c1-25-36(2)32-23-22-31(24-33(32)37-25)26-18-20-30(21-19-26)35(29-16-10-5-11-17-29)34(27-12-6-3-7-13-27)28-14-8-4-9-15-28/h3-24H,1-2H3/q+1. The van der Waals surface area contributed by atoms with E-state index < -0.39 is 0 Å². The van der Waals surface area contributed by atoms with Crippen LogP contribution < -0.4 is 4.57 Å². The third kappa shape index (κ3) is 4.52. The Morgan fingerprint density at radius 2 is 0.946 bits per heavy atom. The number of hydrogen-bond acceptors (Lipinski definition) is 1. The molecule has 1 heterocycles. The van der Waals surface area contributed by atoms with E-state index in [1.807, 2.05) is 11.3 Å². The summed E-state index contributed by atoms with van der Waals surface area (Å²) >= 11 is 1.85. The van der Waals surface area contributed by atoms with Crippen LogP contribution in [0.5, 0.6) is 0 Å². The first-order valence-corrected chi connectivity index (χ1v) is 13.4. The van der Waals surface area contributed by atoms with Crippen LogP contribution in [0.25, 0.3) is 32.5 Å². The number of aryl methyl sites for hydroxylation is 2. The highest BCUT2D eigenvalue weighted by atomic mass is 32.1. The van der Waals surface area contributed by atoms with Crippen LogP contribution in [0.15, 0.2) is 133 Å². The summed E-state index contributed by atoms with van der Waals surface area (Å²) in [4.78, 5) is 0. The Labute approximate surface area is 222 Å². The van der Waals surface area contributed by atoms with Crippen molar-refractivity contribution in [2.75, 3.05) is 0 Å². The monoisotopic (exact) mass is 494 g/mol. The predicted octanol–water partition coefficient (Wildman–Crippen LogP) is 8.71. The van der Waals surface area contributed by atoms with E-state index in [-0.39, 0.29) is 0 Å². The molecule has 0 bridgehead atoms. The third-order valence-electron chi connectivity index (χ3n) is 7.00. The summed E-state index contributed by atoms with van der Waals surface area (Å²) in [6, 6.07) is 48.0. The summed E-state index contributed by atoms with van der Waals surface area (Å²) in [6.45, 7) is 2.17. The van der Waals surface area contributed by atoms with E-state index >= 15 is 0 Å². The van der Waals surface area contributed by atoms with Gasteiger partial charge in [-0.15, -0.1) is 0 Å². The lowest BCUT2D eigenvalue weighted by Crippen LogP contribution is -2.28. The Kier molecular flexibility index (Phi) is 6.26. The van der Waals surface area contributed by atoms with Gasteiger partial charge in [0.2, 0.25) is 10.5 Å². The van der Waals surface area contributed by atoms with Crippen molar-refractivity contribution in [1.29, 1.82) is 0 Å². The van der Waals surface area contributed by atoms with Gasteiger partial charge < -0.3 is 0 Å². The van der Waals surface area contributed by atoms with E-state index in [9.17, 15) is 0 Å². The molecule has 0 spiro atoms. The third-order valence-corrected chi connectivity index (χ3v) is 8.11. The second kappa shape index (κ2) is 10.0. The summed E-state index contributed by atoms with van der Waals surface area (Å²) in [7, 11) is 2.14. The fraction of sp³-hybridized carbons (Fsp3) is 0.0571. The number of nitrogens with zero attached hydrogens (tertiary/aromatic N) is 1. The maximum Gasteiger partial charge on any atom is 0.234 e. The molecule has 6 rings (SSSR count). The molecule has 0 amide bonds. The first-order valence-electron chi connectivity index (χ1n) is 12.6. The van der Waals surface area contributed by atoms with Crippen LogP contribution in [0.2, 0.25) is 0 Å². The molecule has 0 aliphatic carbocycles. The highest BCUT2D eigenvalue weighted by Gasteiger charge is 2.17. The average molecular weight is 495 g/mol. The predicted molar refractivity (Wildman–Crippen MR) is 158 cm³/mol. The molecule has 0 aliphatic heterocycles. The topological polar surface area (TPSA) is 3.88 Å². The molecule has 0 unspecified atom stereocenters. The highest BCUT2D eigenvalue weighted by Crippen LogP contribution is 2.37. The quantitative estimate of drug-likeness (QED) is 0.167. The molecule has 1 aromatic heterocycles. The number of hydrogen-bond donors (Lipinski definition) is 0. The van der Waals surface area contributed by atoms with E-state index in [1.54, 1.807) is 0 Å². The first kappa shape index (κ1) is 23.1. The van der Waals surface area contributed by atoms with Crippen molar-refractivity contribution in [1.82, 2.24) is 0 Å². The van der Waals surface area contributed by atoms with Crippen molar-refractivity contribution < 1.29 is 4.57 Å². The van der Waals surface area contributed by atoms with E-state index in [2.05, 4.69) is 152 Å². The lowest BCUT2D eigenvalue weighted by atomic mass is 9.85. The fourth-order valence-electron chi connectivity index (χ4n) is 5.00. The van der Waals surface area contributed by atoms with Crippen LogP contribution >= 0.6 is 11.3 Å². The first-order chi connectivity index (χ1) is 18.2. The van der Waals surface area contributed by atoms with Crippen molar-refractivity contribution in [3.63, 3.8) is 0 Å². The van der Waals surface area contributed by atoms with Crippen LogP contribution in [0.3, 0.4) is 0 Å². The largest absolute Gasteiger partial charge is 0.234 e. The summed E-state index contributed by atoms with van der Waals surface area (Å²) in [5.74, 6) is 0. The zero-order valence-electron chi connectivity index (χ0n) is 21.1. The molecule has 0 radical (unpaired) electrons. The van der Waals surface area contributed by atoms with E-state index in [0.717, 1.165) is 0 Å². The molecule has 178 valence electrons. The molecule has 2 heteroatoms. The number of rotatable bonds is 5. The summed E-state index contributed by atoms with van der Waals surface area (Å²) in [6.07, 6.45) is 0. The second-order valence-electron chi connectivity index (χ2n) is 9.29. The van der Waals surface area contributed by atoms with Crippen molar-refractivity contribution >= 4 is 32.7 Å². The molecule has 0 saturated heterocycles. The van der Waals surface area contributed by atoms with Gasteiger partial charge in [0.25, 0.3) is 0 Å². The van der Waals surface area contributed by atoms with Gasteiger partial charge in [-0.25, -0.2) is 0 Å². The van der Waals surface area contributed by atoms with Gasteiger partial charge in [-0.05, 0) is 56.7 Å². The van der Waals surface area contributed by atoms with Crippen LogP contribution in [-0.4, -0.2) is 0 Å². The highest BCUT2D eigenvalue weighted by molar-refractivity contribution is 7.18. The lowest BCUT2D eigenvalue weighted by molar-refractivity contribution is -0.646. The molecular weight excluding hydrogens is 466 g/mol. The zero-order chi connectivity index (χ0) is 25.2. The molecule has 6 aromatic rings. The van der Waals surface area contributed by atoms with Crippen molar-refractivity contribution in [3.05, 3.63) is 161 Å². The Morgan fingerprint density at radius 1 is 0.514 bits per heavy atom. The van der Waals surface area contributed by atoms with Crippen molar-refractivity contribution in [2.24, 2.45) is 7.05 Å². The Balaban J connectivity index is 1.53. The number of aromatic nitrogens is 1. The van der Waals surface area contributed by atoms with Gasteiger partial charge in [-0.2, -0.15) is 4.57 Å². The lowest BCUT2D eigenvalue weighted by Gasteiger charge is -2.18. The second-order valence-corrected chi connectivity index (χ2v) is 10.5. The number of benzene rings is 5. The van der Waals surface area contributed by atoms with E-state index in [1.165, 1.54) is 59.8 Å². The van der Waals surface area contributed by atoms with Gasteiger partial charge in [0.15, 0.2) is 0 Å². The van der Waals surface area contributed by atoms with Crippen LogP contribution in [-0.2, 0) is 7.05 Å². The molecule has 0 saturated carbocycles. The normalized spacial score (nSPS) is 11.0. The van der Waals surface area contributed by atoms with Gasteiger partial charge in [-0.3, -0.25) is 0 Å². The molecule has 0 aliphatic rings. The molecule has 0 atom stereocenters. The van der Waals surface area contributed by atoms with Gasteiger partial charge >= 0.3 is 0 Å². The van der Waals surface area contributed by atoms with E-state index in [4.69, 9.17) is 0 Å². The number of fused-ring (bicyclic) bond motifs is 1. The SMILES string of the molecule is Cc1sc2cc(-c3ccc(C(=C(c4ccccc4)c4ccccc4)c4ccccc4)cc3)ccc2[n+]1C. The van der Waals surface area contributed by atoms with Crippen LogP contribution in [0.1, 0.15) is 27.3 Å². The molecule has 0 N–H and O–H groups in total. The van der Waals surface area contributed by atoms with Gasteiger partial charge in [0, 0.05) is 13.0 Å². The van der Waals surface area contributed by atoms with Gasteiger partial charge in [-0.1, -0.05) is 127 Å². The van der Waals surface area contributed by atoms with Crippen molar-refractivity contribution in [3.8, 4) is 11.1 Å². The molecular formula is C35H28NS+. The minimum Gasteiger partial charge on any atom is -0.189 e. The van der Waals surface area contributed by atoms with Gasteiger partial charge in [0.1, 0.15) is 11.7 Å². The van der Waals surface area contributed by atoms with Gasteiger partial charge in [0.05, 0.1) is 0 Å². The maximum absolute atomic E-state index is 2.31. The molecule has 0 fully saturated rings. The Hall–Kier alpha value is -4.27. The Morgan fingerprint density at radius 3 is 1.43 bits per heavy atom. The molecule has 37 heavy (non-hydrogen) atoms. The minimum absolute atomic E-state index is 1.21. The zero-order valence-corrected chi connectivity index (χ0v) is 21.9. The summed E-state index contributed by atoms with van der Waals surface area (Å²) in [5.41, 5.74) is 11.1. The van der Waals surface area contributed by atoms with Crippen LogP contribution in [0.4, 0.5) is 0 Å². The van der Waals surface area contributed by atoms with Crippen molar-refractivity contribution in [2.45, 2.75) is 6.92 Å². The maximum atomic E-state index is 2.31. The Bertz CT molecular complexity index is 1650. The molecule has 1 nitrogen and oxygen atoms in total. The minimum atomic E-state index is 1.21. The summed E-state index contributed by atoms with van der Waals surface area (Å²) in [5, 5.41) is 1.31. The summed E-state index contributed by atoms with van der Waals surface area (Å²) < 4.78 is 3.58. The van der Waals surface area contributed by atoms with Crippen LogP contribution in [0, 0.1) is 6.92 Å².